The number of pyridine rings is 1. The highest BCUT2D eigenvalue weighted by molar-refractivity contribution is 6.35. The first-order valence-electron chi connectivity index (χ1n) is 9.33. The molecule has 4 rings (SSSR count). The summed E-state index contributed by atoms with van der Waals surface area (Å²) in [6.07, 6.45) is 6.02. The van der Waals surface area contributed by atoms with Gasteiger partial charge in [0.1, 0.15) is 17.1 Å². The van der Waals surface area contributed by atoms with Gasteiger partial charge in [0.2, 0.25) is 5.88 Å². The molecule has 0 unspecified atom stereocenters. The van der Waals surface area contributed by atoms with E-state index in [1.165, 1.54) is 23.3 Å². The van der Waals surface area contributed by atoms with Crippen LogP contribution < -0.4 is 15.4 Å². The van der Waals surface area contributed by atoms with Crippen LogP contribution in [0.5, 0.6) is 11.6 Å². The second-order valence-corrected chi connectivity index (χ2v) is 7.31. The number of ether oxygens (including phenoxy) is 1. The SMILES string of the molecule is C[C@H](NC(=O)Nc1ccc(Oc2ncc(Cl)cc2Cl)cc1)c1ncnn1-c1ncccn1. The monoisotopic (exact) mass is 470 g/mol. The number of amides is 2. The molecule has 0 aliphatic rings. The van der Waals surface area contributed by atoms with Gasteiger partial charge in [-0.3, -0.25) is 0 Å². The number of carbonyl (C=O) groups is 1. The van der Waals surface area contributed by atoms with Crippen LogP contribution in [0.25, 0.3) is 5.95 Å². The zero-order chi connectivity index (χ0) is 22.5. The molecule has 3 heterocycles. The maximum atomic E-state index is 12.4. The molecule has 0 radical (unpaired) electrons. The zero-order valence-electron chi connectivity index (χ0n) is 16.6. The number of nitrogens with zero attached hydrogens (tertiary/aromatic N) is 6. The third-order valence-electron chi connectivity index (χ3n) is 4.15. The van der Waals surface area contributed by atoms with E-state index in [1.807, 2.05) is 0 Å². The summed E-state index contributed by atoms with van der Waals surface area (Å²) in [5.41, 5.74) is 0.560. The van der Waals surface area contributed by atoms with Gasteiger partial charge in [-0.25, -0.2) is 24.7 Å². The zero-order valence-corrected chi connectivity index (χ0v) is 18.1. The Kier molecular flexibility index (Phi) is 6.43. The van der Waals surface area contributed by atoms with Gasteiger partial charge in [-0.1, -0.05) is 23.2 Å². The van der Waals surface area contributed by atoms with Gasteiger partial charge >= 0.3 is 6.03 Å². The van der Waals surface area contributed by atoms with Crippen LogP contribution in [0.4, 0.5) is 10.5 Å². The maximum Gasteiger partial charge on any atom is 0.319 e. The minimum absolute atomic E-state index is 0.231. The first-order valence-corrected chi connectivity index (χ1v) is 10.1. The molecule has 0 aliphatic heterocycles. The van der Waals surface area contributed by atoms with Crippen molar-refractivity contribution in [1.29, 1.82) is 0 Å². The van der Waals surface area contributed by atoms with Crippen molar-refractivity contribution in [2.75, 3.05) is 5.32 Å². The molecule has 4 aromatic rings. The Labute approximate surface area is 192 Å². The Bertz CT molecular complexity index is 1220. The number of urea groups is 1. The molecule has 2 amide bonds. The molecule has 0 bridgehead atoms. The normalized spacial score (nSPS) is 11.6. The number of rotatable bonds is 6. The van der Waals surface area contributed by atoms with Gasteiger partial charge < -0.3 is 15.4 Å². The molecule has 162 valence electrons. The van der Waals surface area contributed by atoms with Crippen LogP contribution in [-0.2, 0) is 0 Å². The van der Waals surface area contributed by atoms with Crippen molar-refractivity contribution in [3.8, 4) is 17.6 Å². The average Bonchev–Trinajstić information content (AvgIpc) is 3.28. The first kappa shape index (κ1) is 21.5. The second-order valence-electron chi connectivity index (χ2n) is 6.47. The molecule has 0 saturated carbocycles. The topological polar surface area (TPSA) is 120 Å². The number of nitrogens with one attached hydrogen (secondary N) is 2. The molecular formula is C20H16Cl2N8O2. The molecule has 10 nitrogen and oxygen atoms in total. The first-order chi connectivity index (χ1) is 15.5. The molecule has 3 aromatic heterocycles. The van der Waals surface area contributed by atoms with Crippen LogP contribution in [-0.4, -0.2) is 35.7 Å². The number of carbonyl (C=O) groups excluding carboxylic acids is 1. The molecule has 0 fully saturated rings. The number of hydrogen-bond acceptors (Lipinski definition) is 7. The molecule has 0 spiro atoms. The van der Waals surface area contributed by atoms with Crippen LogP contribution >= 0.6 is 23.2 Å². The van der Waals surface area contributed by atoms with Crippen LogP contribution in [0.3, 0.4) is 0 Å². The minimum Gasteiger partial charge on any atom is -0.438 e. The fraction of sp³-hybridized carbons (Fsp3) is 0.100. The van der Waals surface area contributed by atoms with Crippen molar-refractivity contribution < 1.29 is 9.53 Å². The predicted molar refractivity (Wildman–Crippen MR) is 118 cm³/mol. The summed E-state index contributed by atoms with van der Waals surface area (Å²) in [5, 5.41) is 10.4. The van der Waals surface area contributed by atoms with Crippen LogP contribution in [0.15, 0.2) is 61.3 Å². The molecule has 32 heavy (non-hydrogen) atoms. The van der Waals surface area contributed by atoms with E-state index >= 15 is 0 Å². The third kappa shape index (κ3) is 5.10. The van der Waals surface area contributed by atoms with Gasteiger partial charge in [-0.05, 0) is 43.3 Å². The number of benzene rings is 1. The van der Waals surface area contributed by atoms with Gasteiger partial charge in [0.05, 0.1) is 11.1 Å². The molecule has 1 aromatic carbocycles. The highest BCUT2D eigenvalue weighted by atomic mass is 35.5. The molecule has 2 N–H and O–H groups in total. The van der Waals surface area contributed by atoms with E-state index in [2.05, 4.69) is 35.7 Å². The lowest BCUT2D eigenvalue weighted by atomic mass is 10.3. The largest absolute Gasteiger partial charge is 0.438 e. The Morgan fingerprint density at radius 1 is 1.09 bits per heavy atom. The van der Waals surface area contributed by atoms with E-state index in [4.69, 9.17) is 27.9 Å². The highest BCUT2D eigenvalue weighted by Gasteiger charge is 2.18. The maximum absolute atomic E-state index is 12.4. The lowest BCUT2D eigenvalue weighted by Crippen LogP contribution is -2.32. The van der Waals surface area contributed by atoms with Crippen LogP contribution in [0, 0.1) is 0 Å². The Morgan fingerprint density at radius 3 is 2.56 bits per heavy atom. The van der Waals surface area contributed by atoms with E-state index in [0.717, 1.165) is 0 Å². The molecule has 12 heteroatoms. The Balaban J connectivity index is 1.37. The molecule has 0 saturated heterocycles. The van der Waals surface area contributed by atoms with Crippen molar-refractivity contribution in [2.45, 2.75) is 13.0 Å². The quantitative estimate of drug-likeness (QED) is 0.427. The summed E-state index contributed by atoms with van der Waals surface area (Å²) in [5.74, 6) is 1.58. The van der Waals surface area contributed by atoms with Gasteiger partial charge in [0.25, 0.3) is 5.95 Å². The smallest absolute Gasteiger partial charge is 0.319 e. The highest BCUT2D eigenvalue weighted by Crippen LogP contribution is 2.29. The second kappa shape index (κ2) is 9.58. The van der Waals surface area contributed by atoms with E-state index in [0.29, 0.717) is 33.3 Å². The average molecular weight is 471 g/mol. The summed E-state index contributed by atoms with van der Waals surface area (Å²) in [6, 6.07) is 9.08. The van der Waals surface area contributed by atoms with Crippen LogP contribution in [0.2, 0.25) is 10.0 Å². The summed E-state index contributed by atoms with van der Waals surface area (Å²) >= 11 is 11.9. The van der Waals surface area contributed by atoms with E-state index in [-0.39, 0.29) is 5.88 Å². The van der Waals surface area contributed by atoms with Crippen LogP contribution in [0.1, 0.15) is 18.8 Å². The minimum atomic E-state index is -0.456. The third-order valence-corrected chi connectivity index (χ3v) is 4.63. The van der Waals surface area contributed by atoms with E-state index in [9.17, 15) is 4.79 Å². The Morgan fingerprint density at radius 2 is 1.84 bits per heavy atom. The molecule has 0 aliphatic carbocycles. The van der Waals surface area contributed by atoms with E-state index in [1.54, 1.807) is 49.6 Å². The van der Waals surface area contributed by atoms with E-state index < -0.39 is 12.1 Å². The van der Waals surface area contributed by atoms with Crippen molar-refractivity contribution >= 4 is 34.9 Å². The fourth-order valence-electron chi connectivity index (χ4n) is 2.72. The predicted octanol–water partition coefficient (Wildman–Crippen LogP) is 4.43. The van der Waals surface area contributed by atoms with Gasteiger partial charge in [-0.15, -0.1) is 0 Å². The summed E-state index contributed by atoms with van der Waals surface area (Å²) in [4.78, 5) is 29.0. The number of hydrogen-bond donors (Lipinski definition) is 2. The summed E-state index contributed by atoms with van der Waals surface area (Å²) in [7, 11) is 0. The van der Waals surface area contributed by atoms with Crippen molar-refractivity contribution in [3.63, 3.8) is 0 Å². The number of anilines is 1. The Hall–Kier alpha value is -3.76. The fourth-order valence-corrected chi connectivity index (χ4v) is 3.14. The standard InChI is InChI=1S/C20H16Cl2N8O2/c1-12(17-26-11-27-30(17)19-23-7-2-8-24-19)28-20(31)29-14-3-5-15(6-4-14)32-18-16(22)9-13(21)10-25-18/h2-12H,1H3,(H2,28,29,31)/t12-/m0/s1. The van der Waals surface area contributed by atoms with Crippen molar-refractivity contribution in [1.82, 2.24) is 35.0 Å². The number of halogens is 2. The lowest BCUT2D eigenvalue weighted by Gasteiger charge is -2.15. The van der Waals surface area contributed by atoms with Gasteiger partial charge in [0.15, 0.2) is 5.82 Å². The summed E-state index contributed by atoms with van der Waals surface area (Å²) < 4.78 is 7.10. The molecular weight excluding hydrogens is 455 g/mol. The lowest BCUT2D eigenvalue weighted by molar-refractivity contribution is 0.248. The number of aromatic nitrogens is 6. The van der Waals surface area contributed by atoms with Gasteiger partial charge in [0, 0.05) is 24.3 Å². The van der Waals surface area contributed by atoms with Crippen molar-refractivity contribution in [2.24, 2.45) is 0 Å². The summed E-state index contributed by atoms with van der Waals surface area (Å²) in [6.45, 7) is 1.78. The molecule has 1 atom stereocenters. The van der Waals surface area contributed by atoms with Crippen molar-refractivity contribution in [3.05, 3.63) is 77.2 Å². The van der Waals surface area contributed by atoms with Gasteiger partial charge in [-0.2, -0.15) is 9.78 Å².